The van der Waals surface area contributed by atoms with Crippen molar-refractivity contribution < 1.29 is 30.5 Å². The van der Waals surface area contributed by atoms with Crippen LogP contribution in [0.3, 0.4) is 0 Å². The van der Waals surface area contributed by atoms with Gasteiger partial charge in [-0.05, 0) is 12.1 Å². The molecule has 142 valence electrons. The molecule has 2 aromatic rings. The highest BCUT2D eigenvalue weighted by Crippen LogP contribution is 2.25. The van der Waals surface area contributed by atoms with E-state index in [4.69, 9.17) is 0 Å². The molecule has 7 nitrogen and oxygen atoms in total. The summed E-state index contributed by atoms with van der Waals surface area (Å²) in [4.78, 5) is 13.3. The van der Waals surface area contributed by atoms with Crippen LogP contribution in [-0.2, 0) is 27.2 Å². The number of hydrogen-bond donors (Lipinski definition) is 2. The molecule has 0 radical (unpaired) electrons. The van der Waals surface area contributed by atoms with E-state index in [9.17, 15) is 30.6 Å². The lowest BCUT2D eigenvalue weighted by atomic mass is 10.3. The van der Waals surface area contributed by atoms with Crippen LogP contribution in [0.25, 0.3) is 0 Å². The molecular weight excluding hydrogens is 395 g/mol. The van der Waals surface area contributed by atoms with Gasteiger partial charge in [0.15, 0.2) is 26.8 Å². The first-order chi connectivity index (χ1) is 12.0. The van der Waals surface area contributed by atoms with Crippen molar-refractivity contribution in [3.05, 3.63) is 52.7 Å². The Kier molecular flexibility index (Phi) is 5.86. The van der Waals surface area contributed by atoms with E-state index < -0.39 is 36.6 Å². The van der Waals surface area contributed by atoms with Gasteiger partial charge in [-0.15, -0.1) is 0 Å². The first-order valence-electron chi connectivity index (χ1n) is 7.23. The van der Waals surface area contributed by atoms with Crippen molar-refractivity contribution in [2.75, 3.05) is 11.2 Å². The molecule has 12 heteroatoms. The van der Waals surface area contributed by atoms with E-state index in [1.165, 1.54) is 36.1 Å². The quantitative estimate of drug-likeness (QED) is 0.687. The number of hydrogen-bond acceptors (Lipinski definition) is 5. The fourth-order valence-electron chi connectivity index (χ4n) is 1.96. The Balaban J connectivity index is 2.24. The average molecular weight is 410 g/mol. The van der Waals surface area contributed by atoms with Crippen LogP contribution in [0.15, 0.2) is 51.4 Å². The van der Waals surface area contributed by atoms with Gasteiger partial charge in [0.2, 0.25) is 6.20 Å². The van der Waals surface area contributed by atoms with Crippen molar-refractivity contribution in [3.63, 3.8) is 0 Å². The van der Waals surface area contributed by atoms with Crippen LogP contribution in [0.2, 0.25) is 0 Å². The Labute approximate surface area is 149 Å². The molecule has 0 saturated carbocycles. The van der Waals surface area contributed by atoms with Crippen LogP contribution in [0.1, 0.15) is 12.5 Å². The van der Waals surface area contributed by atoms with Gasteiger partial charge in [-0.1, -0.05) is 11.6 Å². The topological polar surface area (TPSA) is 100.0 Å². The maximum absolute atomic E-state index is 12.5. The number of nitrogens with one attached hydrogen (secondary N) is 2. The van der Waals surface area contributed by atoms with Crippen molar-refractivity contribution in [1.82, 2.24) is 4.98 Å². The molecule has 0 bridgehead atoms. The second kappa shape index (κ2) is 7.58. The number of aromatic nitrogens is 2. The summed E-state index contributed by atoms with van der Waals surface area (Å²) >= 11 is 0. The number of alkyl halides is 3. The van der Waals surface area contributed by atoms with E-state index >= 15 is 0 Å². The number of rotatable bonds is 6. The molecule has 0 aromatic carbocycles. The van der Waals surface area contributed by atoms with Gasteiger partial charge in [0.1, 0.15) is 11.4 Å². The predicted octanol–water partition coefficient (Wildman–Crippen LogP) is 0.827. The molecule has 1 atom stereocenters. The summed E-state index contributed by atoms with van der Waals surface area (Å²) in [5.74, 6) is -0.0953. The standard InChI is InChI=1S/C14H14F3N3O4S2/c1-2-26(23,24)12-4-3-5-20(9-12)19-7-10-6-11(8-18-13(10)21)25(22)14(15,16)17/h3-6,8-9,19H,2,7H2,1H3/p+1. The van der Waals surface area contributed by atoms with E-state index in [2.05, 4.69) is 10.4 Å². The van der Waals surface area contributed by atoms with Crippen LogP contribution in [0.4, 0.5) is 13.2 Å². The molecule has 26 heavy (non-hydrogen) atoms. The van der Waals surface area contributed by atoms with Gasteiger partial charge in [0.25, 0.3) is 5.56 Å². The highest BCUT2D eigenvalue weighted by molar-refractivity contribution is 7.91. The highest BCUT2D eigenvalue weighted by Gasteiger charge is 2.38. The van der Waals surface area contributed by atoms with Crippen LogP contribution in [0, 0.1) is 0 Å². The number of halogens is 3. The highest BCUT2D eigenvalue weighted by atomic mass is 32.2. The molecular formula is C14H15F3N3O4S2+. The second-order valence-corrected chi connectivity index (χ2v) is 8.84. The average Bonchev–Trinajstić information content (AvgIpc) is 2.60. The molecule has 0 aliphatic heterocycles. The second-order valence-electron chi connectivity index (χ2n) is 5.09. The molecule has 1 unspecified atom stereocenters. The molecule has 2 aromatic heterocycles. The lowest BCUT2D eigenvalue weighted by Gasteiger charge is -2.07. The zero-order valence-corrected chi connectivity index (χ0v) is 15.0. The van der Waals surface area contributed by atoms with Crippen molar-refractivity contribution in [1.29, 1.82) is 0 Å². The van der Waals surface area contributed by atoms with Crippen LogP contribution >= 0.6 is 0 Å². The molecule has 2 heterocycles. The molecule has 2 rings (SSSR count). The van der Waals surface area contributed by atoms with Gasteiger partial charge in [-0.3, -0.25) is 4.79 Å². The lowest BCUT2D eigenvalue weighted by Crippen LogP contribution is -2.45. The molecule has 0 spiro atoms. The lowest BCUT2D eigenvalue weighted by molar-refractivity contribution is -0.653. The Morgan fingerprint density at radius 3 is 2.65 bits per heavy atom. The van der Waals surface area contributed by atoms with Crippen LogP contribution < -0.4 is 15.7 Å². The number of pyridine rings is 2. The normalized spacial score (nSPS) is 13.4. The third-order valence-corrected chi connectivity index (χ3v) is 6.15. The fourth-order valence-corrected chi connectivity index (χ4v) is 3.54. The van der Waals surface area contributed by atoms with Crippen LogP contribution in [-0.4, -0.2) is 28.9 Å². The minimum Gasteiger partial charge on any atom is -0.328 e. The molecule has 0 saturated heterocycles. The van der Waals surface area contributed by atoms with Crippen molar-refractivity contribution in [3.8, 4) is 0 Å². The van der Waals surface area contributed by atoms with E-state index in [0.29, 0.717) is 0 Å². The zero-order valence-electron chi connectivity index (χ0n) is 13.4. The molecule has 0 fully saturated rings. The number of aromatic amines is 1. The van der Waals surface area contributed by atoms with E-state index in [0.717, 1.165) is 12.3 Å². The first-order valence-corrected chi connectivity index (χ1v) is 10.0. The molecule has 2 N–H and O–H groups in total. The summed E-state index contributed by atoms with van der Waals surface area (Å²) in [6, 6.07) is 3.76. The van der Waals surface area contributed by atoms with Gasteiger partial charge >= 0.3 is 5.51 Å². The fraction of sp³-hybridized carbons (Fsp3) is 0.286. The van der Waals surface area contributed by atoms with E-state index in [1.807, 2.05) is 0 Å². The van der Waals surface area contributed by atoms with Crippen molar-refractivity contribution >= 4 is 20.6 Å². The summed E-state index contributed by atoms with van der Waals surface area (Å²) in [5.41, 5.74) is -2.99. The van der Waals surface area contributed by atoms with Crippen molar-refractivity contribution in [2.45, 2.75) is 28.8 Å². The van der Waals surface area contributed by atoms with Gasteiger partial charge in [0.05, 0.1) is 10.6 Å². The first kappa shape index (κ1) is 20.1. The zero-order chi connectivity index (χ0) is 19.5. The summed E-state index contributed by atoms with van der Waals surface area (Å²) in [6.45, 7) is 1.28. The maximum atomic E-state index is 12.5. The third-order valence-electron chi connectivity index (χ3n) is 3.34. The Morgan fingerprint density at radius 2 is 2.04 bits per heavy atom. The minimum absolute atomic E-state index is 0.0517. The smallest absolute Gasteiger partial charge is 0.328 e. The summed E-state index contributed by atoms with van der Waals surface area (Å²) in [6.07, 6.45) is 3.50. The summed E-state index contributed by atoms with van der Waals surface area (Å²) < 4.78 is 74.0. The monoisotopic (exact) mass is 410 g/mol. The maximum Gasteiger partial charge on any atom is 0.475 e. The van der Waals surface area contributed by atoms with Crippen molar-refractivity contribution in [2.24, 2.45) is 0 Å². The largest absolute Gasteiger partial charge is 0.475 e. The predicted molar refractivity (Wildman–Crippen MR) is 87.0 cm³/mol. The molecule has 0 aliphatic carbocycles. The molecule has 0 aliphatic rings. The van der Waals surface area contributed by atoms with Gasteiger partial charge in [-0.25, -0.2) is 12.6 Å². The minimum atomic E-state index is -4.94. The van der Waals surface area contributed by atoms with Gasteiger partial charge < -0.3 is 4.98 Å². The Bertz CT molecular complexity index is 987. The number of H-pyrrole nitrogens is 1. The Morgan fingerprint density at radius 1 is 1.35 bits per heavy atom. The van der Waals surface area contributed by atoms with E-state index in [1.54, 1.807) is 0 Å². The number of nitrogens with zero attached hydrogens (tertiary/aromatic N) is 1. The summed E-state index contributed by atoms with van der Waals surface area (Å²) in [5, 5.41) is 0. The van der Waals surface area contributed by atoms with Gasteiger partial charge in [0, 0.05) is 17.8 Å². The number of sulfone groups is 1. The Hall–Kier alpha value is -2.21. The van der Waals surface area contributed by atoms with Crippen LogP contribution in [0.5, 0.6) is 0 Å². The van der Waals surface area contributed by atoms with E-state index in [-0.39, 0.29) is 22.8 Å². The summed E-state index contributed by atoms with van der Waals surface area (Å²) in [7, 11) is -6.71. The van der Waals surface area contributed by atoms with Gasteiger partial charge in [-0.2, -0.15) is 18.6 Å². The molecule has 0 amide bonds. The third kappa shape index (κ3) is 4.69. The SMILES string of the molecule is CCS(=O)(=O)c1ccc[n+](NCc2cc(S(=O)C(F)(F)F)c[nH]c2=O)c1.